The molecule has 4 heteroatoms. The molecule has 5 aliphatic carbocycles. The van der Waals surface area contributed by atoms with Gasteiger partial charge in [-0.3, -0.25) is 4.79 Å². The molecule has 0 radical (unpaired) electrons. The van der Waals surface area contributed by atoms with E-state index in [1.165, 1.54) is 5.57 Å². The van der Waals surface area contributed by atoms with Crippen LogP contribution in [0.2, 0.25) is 0 Å². The fourth-order valence-corrected chi connectivity index (χ4v) is 10.7. The van der Waals surface area contributed by atoms with E-state index in [0.717, 1.165) is 44.9 Å². The summed E-state index contributed by atoms with van der Waals surface area (Å²) >= 11 is 0. The highest BCUT2D eigenvalue weighted by Gasteiger charge is 2.71. The van der Waals surface area contributed by atoms with E-state index < -0.39 is 22.9 Å². The van der Waals surface area contributed by atoms with Crippen LogP contribution in [-0.4, -0.2) is 33.5 Å². The molecule has 0 spiro atoms. The van der Waals surface area contributed by atoms with Gasteiger partial charge in [0.15, 0.2) is 0 Å². The van der Waals surface area contributed by atoms with Crippen LogP contribution < -0.4 is 0 Å². The molecule has 0 aliphatic heterocycles. The predicted octanol–water partition coefficient (Wildman–Crippen LogP) is 6.20. The average Bonchev–Trinajstić information content (AvgIpc) is 2.72. The number of carboxylic acids is 1. The Morgan fingerprint density at radius 2 is 1.53 bits per heavy atom. The van der Waals surface area contributed by atoms with Gasteiger partial charge in [-0.2, -0.15) is 0 Å². The van der Waals surface area contributed by atoms with E-state index in [2.05, 4.69) is 54.5 Å². The number of allylic oxidation sites excluding steroid dienone is 1. The normalized spacial score (nSPS) is 53.4. The van der Waals surface area contributed by atoms with E-state index >= 15 is 0 Å². The van der Waals surface area contributed by atoms with Crippen molar-refractivity contribution in [1.29, 1.82) is 0 Å². The van der Waals surface area contributed by atoms with E-state index in [1.54, 1.807) is 0 Å². The van der Waals surface area contributed by atoms with Gasteiger partial charge in [0.2, 0.25) is 0 Å². The summed E-state index contributed by atoms with van der Waals surface area (Å²) in [5.74, 6) is 0.201. The number of hydrogen-bond donors (Lipinski definition) is 3. The molecule has 0 saturated heterocycles. The van der Waals surface area contributed by atoms with Crippen LogP contribution in [0.4, 0.5) is 0 Å². The summed E-state index contributed by atoms with van der Waals surface area (Å²) < 4.78 is 0. The summed E-state index contributed by atoms with van der Waals surface area (Å²) in [4.78, 5) is 12.8. The van der Waals surface area contributed by atoms with Crippen LogP contribution >= 0.6 is 0 Å². The van der Waals surface area contributed by atoms with E-state index in [0.29, 0.717) is 24.7 Å². The highest BCUT2D eigenvalue weighted by Crippen LogP contribution is 2.75. The van der Waals surface area contributed by atoms with Crippen molar-refractivity contribution in [3.63, 3.8) is 0 Å². The molecule has 192 valence electrons. The second kappa shape index (κ2) is 7.12. The average molecular weight is 473 g/mol. The van der Waals surface area contributed by atoms with Crippen molar-refractivity contribution in [3.05, 3.63) is 11.6 Å². The summed E-state index contributed by atoms with van der Waals surface area (Å²) in [5, 5.41) is 33.3. The van der Waals surface area contributed by atoms with Gasteiger partial charge in [0.25, 0.3) is 0 Å². The molecule has 0 bridgehead atoms. The standard InChI is InChI=1S/C30H48O4/c1-25(2)14-15-30(24(33)34)17-23(32)29(7)18(19(30)16-25)8-9-21-27(5)12-11-22(31)26(3,4)20(27)10-13-28(21,29)6/h8,19-23,31-32H,9-17H2,1-7H3,(H,33,34). The third-order valence-corrected chi connectivity index (χ3v) is 13.1. The zero-order valence-corrected chi connectivity index (χ0v) is 22.6. The maximum absolute atomic E-state index is 12.8. The summed E-state index contributed by atoms with van der Waals surface area (Å²) in [7, 11) is 0. The van der Waals surface area contributed by atoms with Crippen molar-refractivity contribution >= 4 is 5.97 Å². The quantitative estimate of drug-likeness (QED) is 0.397. The summed E-state index contributed by atoms with van der Waals surface area (Å²) in [6, 6.07) is 0. The van der Waals surface area contributed by atoms with Crippen molar-refractivity contribution in [1.82, 2.24) is 0 Å². The van der Waals surface area contributed by atoms with Crippen LogP contribution in [0.5, 0.6) is 0 Å². The maximum Gasteiger partial charge on any atom is 0.310 e. The zero-order chi connectivity index (χ0) is 25.1. The van der Waals surface area contributed by atoms with Gasteiger partial charge in [0.05, 0.1) is 17.6 Å². The van der Waals surface area contributed by atoms with Gasteiger partial charge in [-0.1, -0.05) is 60.1 Å². The lowest BCUT2D eigenvalue weighted by Gasteiger charge is -2.72. The van der Waals surface area contributed by atoms with Gasteiger partial charge in [-0.25, -0.2) is 0 Å². The minimum atomic E-state index is -0.832. The summed E-state index contributed by atoms with van der Waals surface area (Å²) in [5.41, 5.74) is 0.0923. The Balaban J connectivity index is 1.64. The molecule has 4 nitrogen and oxygen atoms in total. The molecule has 0 heterocycles. The summed E-state index contributed by atoms with van der Waals surface area (Å²) in [6.45, 7) is 16.3. The van der Waals surface area contributed by atoms with Gasteiger partial charge in [0.1, 0.15) is 0 Å². The number of aliphatic carboxylic acids is 1. The molecule has 9 atom stereocenters. The number of rotatable bonds is 1. The van der Waals surface area contributed by atoms with E-state index in [4.69, 9.17) is 0 Å². The second-order valence-electron chi connectivity index (χ2n) is 15.1. The minimum Gasteiger partial charge on any atom is -0.481 e. The smallest absolute Gasteiger partial charge is 0.310 e. The Morgan fingerprint density at radius 1 is 0.853 bits per heavy atom. The van der Waals surface area contributed by atoms with E-state index in [1.807, 2.05) is 0 Å². The number of aliphatic hydroxyl groups excluding tert-OH is 2. The Bertz CT molecular complexity index is 919. The lowest BCUT2D eigenvalue weighted by atomic mass is 9.33. The first-order valence-corrected chi connectivity index (χ1v) is 13.9. The molecule has 0 amide bonds. The van der Waals surface area contributed by atoms with Gasteiger partial charge < -0.3 is 15.3 Å². The van der Waals surface area contributed by atoms with E-state index in [9.17, 15) is 20.1 Å². The first kappa shape index (κ1) is 24.8. The maximum atomic E-state index is 12.8. The molecule has 5 rings (SSSR count). The first-order chi connectivity index (χ1) is 15.6. The molecule has 34 heavy (non-hydrogen) atoms. The van der Waals surface area contributed by atoms with Crippen molar-refractivity contribution in [3.8, 4) is 0 Å². The monoisotopic (exact) mass is 472 g/mol. The van der Waals surface area contributed by atoms with Crippen LogP contribution in [0, 0.1) is 50.2 Å². The van der Waals surface area contributed by atoms with Crippen LogP contribution in [0.3, 0.4) is 0 Å². The molecular formula is C30H48O4. The van der Waals surface area contributed by atoms with Crippen LogP contribution in [0.1, 0.15) is 106 Å². The molecule has 4 saturated carbocycles. The highest BCUT2D eigenvalue weighted by molar-refractivity contribution is 5.77. The molecule has 4 fully saturated rings. The van der Waals surface area contributed by atoms with Gasteiger partial charge in [-0.15, -0.1) is 0 Å². The molecule has 0 aromatic rings. The fourth-order valence-electron chi connectivity index (χ4n) is 10.7. The minimum absolute atomic E-state index is 0.00933. The van der Waals surface area contributed by atoms with Crippen molar-refractivity contribution in [2.24, 2.45) is 50.2 Å². The number of carbonyl (C=O) groups is 1. The summed E-state index contributed by atoms with van der Waals surface area (Å²) in [6.07, 6.45) is 9.33. The third kappa shape index (κ3) is 2.82. The lowest BCUT2D eigenvalue weighted by molar-refractivity contribution is -0.226. The molecule has 3 N–H and O–H groups in total. The number of hydrogen-bond acceptors (Lipinski definition) is 3. The second-order valence-corrected chi connectivity index (χ2v) is 15.1. The van der Waals surface area contributed by atoms with E-state index in [-0.39, 0.29) is 33.7 Å². The van der Waals surface area contributed by atoms with Crippen molar-refractivity contribution in [2.75, 3.05) is 0 Å². The SMILES string of the molecule is CC1(C)CCC2(C(=O)O)CC(O)C3(C)C(=CCC4C5(C)CCC(O)C(C)(C)C5CCC43C)C2C1. The van der Waals surface area contributed by atoms with Crippen LogP contribution in [0.15, 0.2) is 11.6 Å². The Kier molecular flexibility index (Phi) is 5.20. The largest absolute Gasteiger partial charge is 0.481 e. The Labute approximate surface area is 206 Å². The third-order valence-electron chi connectivity index (χ3n) is 13.1. The molecule has 0 aromatic carbocycles. The molecular weight excluding hydrogens is 424 g/mol. The predicted molar refractivity (Wildman–Crippen MR) is 134 cm³/mol. The van der Waals surface area contributed by atoms with Crippen LogP contribution in [0.25, 0.3) is 0 Å². The highest BCUT2D eigenvalue weighted by atomic mass is 16.4. The van der Waals surface area contributed by atoms with Crippen molar-refractivity contribution < 1.29 is 20.1 Å². The Hall–Kier alpha value is -0.870. The van der Waals surface area contributed by atoms with Gasteiger partial charge in [-0.05, 0) is 97.2 Å². The molecule has 9 unspecified atom stereocenters. The number of fused-ring (bicyclic) bond motifs is 7. The number of carboxylic acid groups (broad SMARTS) is 1. The first-order valence-electron chi connectivity index (χ1n) is 13.9. The van der Waals surface area contributed by atoms with Crippen molar-refractivity contribution in [2.45, 2.75) is 118 Å². The lowest BCUT2D eigenvalue weighted by Crippen LogP contribution is -2.68. The molecule has 5 aliphatic rings. The van der Waals surface area contributed by atoms with Crippen LogP contribution in [-0.2, 0) is 4.79 Å². The van der Waals surface area contributed by atoms with Gasteiger partial charge in [0, 0.05) is 5.41 Å². The molecule has 0 aromatic heterocycles. The van der Waals surface area contributed by atoms with Gasteiger partial charge >= 0.3 is 5.97 Å². The topological polar surface area (TPSA) is 77.8 Å². The zero-order valence-electron chi connectivity index (χ0n) is 22.6. The fraction of sp³-hybridized carbons (Fsp3) is 0.900. The number of aliphatic hydroxyl groups is 2. The Morgan fingerprint density at radius 3 is 2.18 bits per heavy atom.